The number of carbonyl (C=O) groups is 1. The highest BCUT2D eigenvalue weighted by Gasteiger charge is 2.11. The van der Waals surface area contributed by atoms with E-state index in [0.717, 1.165) is 10.5 Å². The third kappa shape index (κ3) is 4.48. The van der Waals surface area contributed by atoms with Crippen LogP contribution in [0.25, 0.3) is 0 Å². The molecule has 0 unspecified atom stereocenters. The maximum atomic E-state index is 12.3. The highest BCUT2D eigenvalue weighted by Crippen LogP contribution is 2.28. The Bertz CT molecular complexity index is 922. The van der Waals surface area contributed by atoms with Crippen molar-refractivity contribution in [1.29, 1.82) is 0 Å². The third-order valence-electron chi connectivity index (χ3n) is 3.26. The van der Waals surface area contributed by atoms with Crippen LogP contribution in [0.2, 0.25) is 10.2 Å². The molecule has 1 N–H and O–H groups in total. The summed E-state index contributed by atoms with van der Waals surface area (Å²) in [7, 11) is 0. The molecule has 0 atom stereocenters. The summed E-state index contributed by atoms with van der Waals surface area (Å²) in [5.41, 5.74) is 1.96. The Morgan fingerprint density at radius 1 is 1.12 bits per heavy atom. The number of nitrogens with zero attached hydrogens (tertiary/aromatic N) is 3. The number of aromatic nitrogens is 3. The van der Waals surface area contributed by atoms with Crippen molar-refractivity contribution in [2.75, 3.05) is 5.32 Å². The van der Waals surface area contributed by atoms with Crippen LogP contribution in [0.5, 0.6) is 0 Å². The Hall–Kier alpha value is -2.15. The number of rotatable bonds is 4. The molecule has 0 radical (unpaired) electrons. The van der Waals surface area contributed by atoms with E-state index < -0.39 is 0 Å². The normalized spacial score (nSPS) is 10.5. The minimum atomic E-state index is -0.305. The molecule has 1 amide bonds. The second kappa shape index (κ2) is 7.82. The van der Waals surface area contributed by atoms with Crippen molar-refractivity contribution in [2.45, 2.75) is 17.0 Å². The van der Waals surface area contributed by atoms with Gasteiger partial charge in [-0.1, -0.05) is 23.2 Å². The molecular weight excluding hydrogens is 379 g/mol. The third-order valence-corrected chi connectivity index (χ3v) is 4.82. The number of hydrogen-bond acceptors (Lipinski definition) is 5. The summed E-state index contributed by atoms with van der Waals surface area (Å²) in [4.78, 5) is 25.6. The molecule has 2 aromatic heterocycles. The van der Waals surface area contributed by atoms with Crippen LogP contribution >= 0.6 is 35.0 Å². The molecule has 2 heterocycles. The van der Waals surface area contributed by atoms with Crippen molar-refractivity contribution in [2.24, 2.45) is 0 Å². The zero-order chi connectivity index (χ0) is 17.8. The zero-order valence-corrected chi connectivity index (χ0v) is 15.4. The van der Waals surface area contributed by atoms with Gasteiger partial charge in [0.2, 0.25) is 0 Å². The van der Waals surface area contributed by atoms with Gasteiger partial charge in [-0.25, -0.2) is 15.0 Å². The summed E-state index contributed by atoms with van der Waals surface area (Å²) in [5, 5.41) is 3.91. The lowest BCUT2D eigenvalue weighted by atomic mass is 10.2. The molecule has 0 spiro atoms. The summed E-state index contributed by atoms with van der Waals surface area (Å²) in [6, 6.07) is 8.95. The number of aryl methyl sites for hydroxylation is 1. The number of carbonyl (C=O) groups excluding carboxylic acids is 1. The van der Waals surface area contributed by atoms with E-state index in [4.69, 9.17) is 23.2 Å². The molecule has 0 fully saturated rings. The summed E-state index contributed by atoms with van der Waals surface area (Å²) in [6.45, 7) is 1.92. The summed E-state index contributed by atoms with van der Waals surface area (Å²) < 4.78 is 0. The van der Waals surface area contributed by atoms with Gasteiger partial charge >= 0.3 is 0 Å². The van der Waals surface area contributed by atoms with Crippen LogP contribution in [0, 0.1) is 6.92 Å². The Labute approximate surface area is 158 Å². The highest BCUT2D eigenvalue weighted by atomic mass is 35.5. The van der Waals surface area contributed by atoms with Crippen LogP contribution in [0.4, 0.5) is 5.69 Å². The molecule has 126 valence electrons. The predicted molar refractivity (Wildman–Crippen MR) is 99.5 cm³/mol. The monoisotopic (exact) mass is 390 g/mol. The average Bonchev–Trinajstić information content (AvgIpc) is 2.60. The Balaban J connectivity index is 1.74. The zero-order valence-electron chi connectivity index (χ0n) is 13.0. The number of nitrogens with one attached hydrogen (secondary N) is 1. The number of anilines is 1. The van der Waals surface area contributed by atoms with E-state index >= 15 is 0 Å². The molecule has 25 heavy (non-hydrogen) atoms. The minimum Gasteiger partial charge on any atom is -0.322 e. The van der Waals surface area contributed by atoms with Crippen LogP contribution < -0.4 is 5.32 Å². The van der Waals surface area contributed by atoms with Gasteiger partial charge in [-0.15, -0.1) is 0 Å². The first kappa shape index (κ1) is 17.7. The lowest BCUT2D eigenvalue weighted by Gasteiger charge is -2.10. The van der Waals surface area contributed by atoms with E-state index in [0.29, 0.717) is 16.4 Å². The topological polar surface area (TPSA) is 67.8 Å². The van der Waals surface area contributed by atoms with E-state index in [1.165, 1.54) is 24.0 Å². The molecule has 0 aliphatic rings. The van der Waals surface area contributed by atoms with Crippen LogP contribution in [-0.4, -0.2) is 20.9 Å². The maximum absolute atomic E-state index is 12.3. The van der Waals surface area contributed by atoms with E-state index in [-0.39, 0.29) is 16.1 Å². The second-order valence-electron chi connectivity index (χ2n) is 5.06. The van der Waals surface area contributed by atoms with E-state index in [2.05, 4.69) is 20.3 Å². The average molecular weight is 391 g/mol. The minimum absolute atomic E-state index is 0.166. The number of pyridine rings is 1. The molecule has 1 aromatic carbocycles. The fourth-order valence-corrected chi connectivity index (χ4v) is 3.10. The fourth-order valence-electron chi connectivity index (χ4n) is 2.02. The van der Waals surface area contributed by atoms with Crippen molar-refractivity contribution in [3.63, 3.8) is 0 Å². The largest absolute Gasteiger partial charge is 0.322 e. The van der Waals surface area contributed by atoms with Crippen molar-refractivity contribution >= 4 is 46.6 Å². The van der Waals surface area contributed by atoms with Gasteiger partial charge in [0.05, 0.1) is 10.6 Å². The van der Waals surface area contributed by atoms with E-state index in [9.17, 15) is 4.79 Å². The van der Waals surface area contributed by atoms with Gasteiger partial charge in [0.15, 0.2) is 5.16 Å². The summed E-state index contributed by atoms with van der Waals surface area (Å²) in [5.74, 6) is -0.305. The lowest BCUT2D eigenvalue weighted by molar-refractivity contribution is 0.102. The van der Waals surface area contributed by atoms with Crippen molar-refractivity contribution < 1.29 is 4.79 Å². The van der Waals surface area contributed by atoms with Gasteiger partial charge in [0, 0.05) is 29.2 Å². The first-order valence-electron chi connectivity index (χ1n) is 7.21. The second-order valence-corrected chi connectivity index (χ2v) is 6.87. The standard InChI is InChI=1S/C17H12Cl2N4OS/c1-10-7-12(25-17-20-5-2-6-21-17)3-4-14(10)23-16(24)11-8-13(18)15(19)22-9-11/h2-9H,1H3,(H,23,24). The van der Waals surface area contributed by atoms with Gasteiger partial charge in [-0.2, -0.15) is 0 Å². The van der Waals surface area contributed by atoms with Gasteiger partial charge in [-0.05, 0) is 54.6 Å². The van der Waals surface area contributed by atoms with Gasteiger partial charge in [0.1, 0.15) is 5.15 Å². The molecule has 0 saturated heterocycles. The van der Waals surface area contributed by atoms with Crippen molar-refractivity contribution in [3.05, 3.63) is 70.2 Å². The van der Waals surface area contributed by atoms with Crippen LogP contribution in [0.3, 0.4) is 0 Å². The molecule has 0 aliphatic heterocycles. The first-order chi connectivity index (χ1) is 12.0. The van der Waals surface area contributed by atoms with Crippen molar-refractivity contribution in [1.82, 2.24) is 15.0 Å². The first-order valence-corrected chi connectivity index (χ1v) is 8.78. The maximum Gasteiger partial charge on any atom is 0.257 e. The van der Waals surface area contributed by atoms with Crippen LogP contribution in [0.1, 0.15) is 15.9 Å². The number of hydrogen-bond donors (Lipinski definition) is 1. The number of amides is 1. The van der Waals surface area contributed by atoms with Crippen LogP contribution in [-0.2, 0) is 0 Å². The molecule has 5 nitrogen and oxygen atoms in total. The molecule has 0 bridgehead atoms. The van der Waals surface area contributed by atoms with Gasteiger partial charge in [-0.3, -0.25) is 4.79 Å². The van der Waals surface area contributed by atoms with E-state index in [1.807, 2.05) is 25.1 Å². The summed E-state index contributed by atoms with van der Waals surface area (Å²) in [6.07, 6.45) is 4.78. The molecule has 3 aromatic rings. The summed E-state index contributed by atoms with van der Waals surface area (Å²) >= 11 is 13.1. The predicted octanol–water partition coefficient (Wildman–Crippen LogP) is 4.89. The van der Waals surface area contributed by atoms with Crippen molar-refractivity contribution in [3.8, 4) is 0 Å². The van der Waals surface area contributed by atoms with Gasteiger partial charge in [0.25, 0.3) is 5.91 Å². The molecular formula is C17H12Cl2N4OS. The fraction of sp³-hybridized carbons (Fsp3) is 0.0588. The number of benzene rings is 1. The van der Waals surface area contributed by atoms with Gasteiger partial charge < -0.3 is 5.32 Å². The Kier molecular flexibility index (Phi) is 5.53. The van der Waals surface area contributed by atoms with E-state index in [1.54, 1.807) is 18.5 Å². The smallest absolute Gasteiger partial charge is 0.257 e. The SMILES string of the molecule is Cc1cc(Sc2ncccn2)ccc1NC(=O)c1cnc(Cl)c(Cl)c1. The van der Waals surface area contributed by atoms with Crippen LogP contribution in [0.15, 0.2) is 59.0 Å². The Morgan fingerprint density at radius 3 is 2.56 bits per heavy atom. The molecule has 0 saturated carbocycles. The molecule has 0 aliphatic carbocycles. The molecule has 8 heteroatoms. The quantitative estimate of drug-likeness (QED) is 0.507. The molecule has 3 rings (SSSR count). The lowest BCUT2D eigenvalue weighted by Crippen LogP contribution is -2.13. The highest BCUT2D eigenvalue weighted by molar-refractivity contribution is 7.99. The Morgan fingerprint density at radius 2 is 1.88 bits per heavy atom. The number of halogens is 2.